The molecule has 2 rings (SSSR count). The first-order valence-electron chi connectivity index (χ1n) is 6.73. The summed E-state index contributed by atoms with van der Waals surface area (Å²) in [4.78, 5) is 23.0. The molecule has 0 saturated heterocycles. The number of carbonyl (C=O) groups is 2. The number of hydrogen-bond acceptors (Lipinski definition) is 4. The fourth-order valence-corrected chi connectivity index (χ4v) is 2.56. The van der Waals surface area contributed by atoms with Crippen molar-refractivity contribution in [1.29, 1.82) is 0 Å². The number of amides is 1. The molecule has 110 valence electrons. The first-order chi connectivity index (χ1) is 9.57. The Hall–Kier alpha value is -1.82. The number of carbonyl (C=O) groups excluding carboxylic acids is 1. The molecule has 0 spiro atoms. The molecule has 0 aliphatic heterocycles. The zero-order valence-corrected chi connectivity index (χ0v) is 11.5. The van der Waals surface area contributed by atoms with E-state index in [1.807, 2.05) is 0 Å². The monoisotopic (exact) mass is 281 g/mol. The largest absolute Gasteiger partial charge is 0.475 e. The van der Waals surface area contributed by atoms with Crippen molar-refractivity contribution in [3.63, 3.8) is 0 Å². The molecule has 6 heteroatoms. The van der Waals surface area contributed by atoms with E-state index in [4.69, 9.17) is 14.3 Å². The van der Waals surface area contributed by atoms with E-state index in [1.54, 1.807) is 13.2 Å². The molecule has 0 bridgehead atoms. The number of ether oxygens (including phenoxy) is 1. The van der Waals surface area contributed by atoms with Crippen LogP contribution in [0.2, 0.25) is 0 Å². The zero-order chi connectivity index (χ0) is 14.6. The quantitative estimate of drug-likeness (QED) is 0.861. The van der Waals surface area contributed by atoms with E-state index >= 15 is 0 Å². The van der Waals surface area contributed by atoms with Crippen LogP contribution in [0, 0.1) is 0 Å². The molecule has 20 heavy (non-hydrogen) atoms. The van der Waals surface area contributed by atoms with Crippen molar-refractivity contribution in [2.75, 3.05) is 7.11 Å². The standard InChI is InChI=1S/C14H19NO5/c1-19-14(7-3-2-4-8-14)13(18)15-9-10-5-6-11(20-10)12(16)17/h5-6H,2-4,7-9H2,1H3,(H,15,18)(H,16,17). The third-order valence-corrected chi connectivity index (χ3v) is 3.76. The summed E-state index contributed by atoms with van der Waals surface area (Å²) in [7, 11) is 1.56. The number of carboxylic acid groups (broad SMARTS) is 1. The van der Waals surface area contributed by atoms with Crippen molar-refractivity contribution in [2.45, 2.75) is 44.2 Å². The van der Waals surface area contributed by atoms with Crippen LogP contribution in [0.1, 0.15) is 48.4 Å². The van der Waals surface area contributed by atoms with Crippen molar-refractivity contribution in [3.05, 3.63) is 23.7 Å². The summed E-state index contributed by atoms with van der Waals surface area (Å²) in [5.41, 5.74) is -0.750. The molecule has 1 heterocycles. The minimum Gasteiger partial charge on any atom is -0.475 e. The van der Waals surface area contributed by atoms with Gasteiger partial charge < -0.3 is 19.6 Å². The second-order valence-corrected chi connectivity index (χ2v) is 5.01. The van der Waals surface area contributed by atoms with Gasteiger partial charge in [0, 0.05) is 7.11 Å². The lowest BCUT2D eigenvalue weighted by Gasteiger charge is -2.34. The lowest BCUT2D eigenvalue weighted by Crippen LogP contribution is -2.49. The molecule has 0 atom stereocenters. The summed E-state index contributed by atoms with van der Waals surface area (Å²) in [6, 6.07) is 2.92. The number of rotatable bonds is 5. The Bertz CT molecular complexity index is 488. The molecule has 1 aromatic heterocycles. The highest BCUT2D eigenvalue weighted by Crippen LogP contribution is 2.31. The van der Waals surface area contributed by atoms with Crippen LogP contribution in [0.5, 0.6) is 0 Å². The Morgan fingerprint density at radius 3 is 2.60 bits per heavy atom. The van der Waals surface area contributed by atoms with Crippen LogP contribution in [-0.2, 0) is 16.1 Å². The highest BCUT2D eigenvalue weighted by Gasteiger charge is 2.39. The van der Waals surface area contributed by atoms with Crippen molar-refractivity contribution in [3.8, 4) is 0 Å². The molecular formula is C14H19NO5. The minimum atomic E-state index is -1.12. The van der Waals surface area contributed by atoms with Gasteiger partial charge >= 0.3 is 5.97 Å². The molecule has 1 amide bonds. The number of aromatic carboxylic acids is 1. The van der Waals surface area contributed by atoms with Crippen molar-refractivity contribution in [2.24, 2.45) is 0 Å². The highest BCUT2D eigenvalue weighted by atomic mass is 16.5. The van der Waals surface area contributed by atoms with Gasteiger partial charge in [0.2, 0.25) is 5.76 Å². The predicted molar refractivity (Wildman–Crippen MR) is 70.3 cm³/mol. The number of furan rings is 1. The van der Waals surface area contributed by atoms with E-state index in [0.717, 1.165) is 19.3 Å². The first-order valence-corrected chi connectivity index (χ1v) is 6.73. The Balaban J connectivity index is 1.94. The molecule has 6 nitrogen and oxygen atoms in total. The maximum Gasteiger partial charge on any atom is 0.371 e. The Morgan fingerprint density at radius 1 is 1.35 bits per heavy atom. The molecule has 0 radical (unpaired) electrons. The van der Waals surface area contributed by atoms with Gasteiger partial charge in [0.1, 0.15) is 11.4 Å². The summed E-state index contributed by atoms with van der Waals surface area (Å²) in [6.45, 7) is 0.164. The van der Waals surface area contributed by atoms with Gasteiger partial charge in [0.15, 0.2) is 0 Å². The van der Waals surface area contributed by atoms with Gasteiger partial charge in [-0.2, -0.15) is 0 Å². The normalized spacial score (nSPS) is 17.6. The second kappa shape index (κ2) is 6.09. The van der Waals surface area contributed by atoms with E-state index in [0.29, 0.717) is 18.6 Å². The summed E-state index contributed by atoms with van der Waals surface area (Å²) in [6.07, 6.45) is 4.51. The fraction of sp³-hybridized carbons (Fsp3) is 0.571. The SMILES string of the molecule is COC1(C(=O)NCc2ccc(C(=O)O)o2)CCCCC1. The van der Waals surface area contributed by atoms with Gasteiger partial charge in [-0.05, 0) is 25.0 Å². The molecular weight excluding hydrogens is 262 g/mol. The van der Waals surface area contributed by atoms with Crippen LogP contribution in [0.15, 0.2) is 16.5 Å². The van der Waals surface area contributed by atoms with Gasteiger partial charge in [0.05, 0.1) is 6.54 Å². The molecule has 1 aliphatic rings. The third-order valence-electron chi connectivity index (χ3n) is 3.76. The Kier molecular flexibility index (Phi) is 4.44. The highest BCUT2D eigenvalue weighted by molar-refractivity contribution is 5.85. The number of hydrogen-bond donors (Lipinski definition) is 2. The van der Waals surface area contributed by atoms with Gasteiger partial charge in [0.25, 0.3) is 5.91 Å². The van der Waals surface area contributed by atoms with Gasteiger partial charge in [-0.25, -0.2) is 4.79 Å². The maximum atomic E-state index is 12.3. The number of methoxy groups -OCH3 is 1. The van der Waals surface area contributed by atoms with Crippen LogP contribution in [0.3, 0.4) is 0 Å². The Labute approximate surface area is 117 Å². The fourth-order valence-electron chi connectivity index (χ4n) is 2.56. The molecule has 1 aromatic rings. The van der Waals surface area contributed by atoms with Crippen LogP contribution in [0.25, 0.3) is 0 Å². The second-order valence-electron chi connectivity index (χ2n) is 5.01. The summed E-state index contributed by atoms with van der Waals surface area (Å²) in [5, 5.41) is 11.5. The average molecular weight is 281 g/mol. The minimum absolute atomic E-state index is 0.131. The maximum absolute atomic E-state index is 12.3. The Morgan fingerprint density at radius 2 is 2.05 bits per heavy atom. The van der Waals surface area contributed by atoms with Gasteiger partial charge in [-0.15, -0.1) is 0 Å². The third kappa shape index (κ3) is 3.01. The molecule has 1 fully saturated rings. The molecule has 0 aromatic carbocycles. The molecule has 2 N–H and O–H groups in total. The van der Waals surface area contributed by atoms with Crippen LogP contribution >= 0.6 is 0 Å². The zero-order valence-electron chi connectivity index (χ0n) is 11.5. The van der Waals surface area contributed by atoms with E-state index in [1.165, 1.54) is 6.07 Å². The van der Waals surface area contributed by atoms with E-state index in [2.05, 4.69) is 5.32 Å². The van der Waals surface area contributed by atoms with Crippen molar-refractivity contribution in [1.82, 2.24) is 5.32 Å². The topological polar surface area (TPSA) is 88.8 Å². The van der Waals surface area contributed by atoms with Crippen LogP contribution in [-0.4, -0.2) is 29.7 Å². The molecule has 0 unspecified atom stereocenters. The lowest BCUT2D eigenvalue weighted by molar-refractivity contribution is -0.147. The van der Waals surface area contributed by atoms with E-state index < -0.39 is 11.6 Å². The summed E-state index contributed by atoms with van der Waals surface area (Å²) >= 11 is 0. The van der Waals surface area contributed by atoms with Crippen LogP contribution in [0.4, 0.5) is 0 Å². The molecule has 1 aliphatic carbocycles. The summed E-state index contributed by atoms with van der Waals surface area (Å²) < 4.78 is 10.5. The first kappa shape index (κ1) is 14.6. The summed E-state index contributed by atoms with van der Waals surface area (Å²) in [5.74, 6) is -0.998. The number of nitrogens with one attached hydrogen (secondary N) is 1. The number of carboxylic acids is 1. The lowest BCUT2D eigenvalue weighted by atomic mass is 9.84. The van der Waals surface area contributed by atoms with E-state index in [-0.39, 0.29) is 18.2 Å². The average Bonchev–Trinajstić information content (AvgIpc) is 2.94. The smallest absolute Gasteiger partial charge is 0.371 e. The predicted octanol–water partition coefficient (Wildman–Crippen LogP) is 1.94. The van der Waals surface area contributed by atoms with Crippen LogP contribution < -0.4 is 5.32 Å². The molecule has 1 saturated carbocycles. The van der Waals surface area contributed by atoms with Gasteiger partial charge in [-0.3, -0.25) is 4.79 Å². The van der Waals surface area contributed by atoms with E-state index in [9.17, 15) is 9.59 Å². The van der Waals surface area contributed by atoms with Crippen molar-refractivity contribution < 1.29 is 23.8 Å². The van der Waals surface area contributed by atoms with Crippen molar-refractivity contribution >= 4 is 11.9 Å². The van der Waals surface area contributed by atoms with Gasteiger partial charge in [-0.1, -0.05) is 19.3 Å².